The van der Waals surface area contributed by atoms with Gasteiger partial charge in [-0.1, -0.05) is 6.92 Å². The summed E-state index contributed by atoms with van der Waals surface area (Å²) >= 11 is 0. The number of likely N-dealkylation sites (tertiary alicyclic amines) is 1. The molecule has 108 valence electrons. The zero-order valence-electron chi connectivity index (χ0n) is 12.2. The lowest BCUT2D eigenvalue weighted by molar-refractivity contribution is -0.130. The molecule has 3 amide bonds. The van der Waals surface area contributed by atoms with Crippen molar-refractivity contribution >= 4 is 11.9 Å². The van der Waals surface area contributed by atoms with Crippen LogP contribution in [0.1, 0.15) is 40.0 Å². The molecule has 0 aromatic heterocycles. The second kappa shape index (κ2) is 5.49. The highest BCUT2D eigenvalue weighted by atomic mass is 16.2. The van der Waals surface area contributed by atoms with Crippen molar-refractivity contribution in [3.05, 3.63) is 0 Å². The molecule has 2 rings (SSSR count). The standard InChI is InChI=1S/C14H25N3O2/c1-11-6-4-7-16(10-11)8-5-9-17-12(18)14(2,3)15-13(17)19/h11H,4-10H2,1-3H3,(H,15,19). The first-order chi connectivity index (χ1) is 8.90. The van der Waals surface area contributed by atoms with Gasteiger partial charge in [0, 0.05) is 13.1 Å². The molecule has 0 aliphatic carbocycles. The molecular formula is C14H25N3O2. The lowest BCUT2D eigenvalue weighted by Crippen LogP contribution is -2.41. The Bertz CT molecular complexity index is 368. The number of amides is 3. The quantitative estimate of drug-likeness (QED) is 0.784. The number of piperidine rings is 1. The van der Waals surface area contributed by atoms with Crippen LogP contribution < -0.4 is 5.32 Å². The van der Waals surface area contributed by atoms with Crippen LogP contribution in [0.3, 0.4) is 0 Å². The van der Waals surface area contributed by atoms with E-state index in [4.69, 9.17) is 0 Å². The van der Waals surface area contributed by atoms with Crippen molar-refractivity contribution in [1.29, 1.82) is 0 Å². The number of carbonyl (C=O) groups excluding carboxylic acids is 2. The van der Waals surface area contributed by atoms with Gasteiger partial charge in [-0.15, -0.1) is 0 Å². The summed E-state index contributed by atoms with van der Waals surface area (Å²) in [6.45, 7) is 9.58. The highest BCUT2D eigenvalue weighted by molar-refractivity contribution is 6.06. The molecule has 0 aromatic carbocycles. The van der Waals surface area contributed by atoms with E-state index in [9.17, 15) is 9.59 Å². The van der Waals surface area contributed by atoms with E-state index >= 15 is 0 Å². The molecule has 0 spiro atoms. The number of hydrogen-bond acceptors (Lipinski definition) is 3. The van der Waals surface area contributed by atoms with Gasteiger partial charge in [-0.2, -0.15) is 0 Å². The van der Waals surface area contributed by atoms with Gasteiger partial charge in [-0.25, -0.2) is 4.79 Å². The first kappa shape index (κ1) is 14.3. The third-order valence-corrected chi connectivity index (χ3v) is 4.04. The van der Waals surface area contributed by atoms with E-state index in [0.29, 0.717) is 6.54 Å². The Kier molecular flexibility index (Phi) is 4.13. The fraction of sp³-hybridized carbons (Fsp3) is 0.857. The third-order valence-electron chi connectivity index (χ3n) is 4.04. The minimum Gasteiger partial charge on any atom is -0.324 e. The zero-order valence-corrected chi connectivity index (χ0v) is 12.2. The molecule has 0 aromatic rings. The van der Waals surface area contributed by atoms with Crippen LogP contribution in [0.4, 0.5) is 4.79 Å². The van der Waals surface area contributed by atoms with Crippen molar-refractivity contribution in [3.8, 4) is 0 Å². The summed E-state index contributed by atoms with van der Waals surface area (Å²) in [5.74, 6) is 0.661. The summed E-state index contributed by atoms with van der Waals surface area (Å²) in [5, 5.41) is 2.71. The summed E-state index contributed by atoms with van der Waals surface area (Å²) in [6.07, 6.45) is 3.44. The molecular weight excluding hydrogens is 242 g/mol. The fourth-order valence-electron chi connectivity index (χ4n) is 2.96. The molecule has 2 aliphatic rings. The second-order valence-corrected chi connectivity index (χ2v) is 6.41. The van der Waals surface area contributed by atoms with Crippen molar-refractivity contribution in [3.63, 3.8) is 0 Å². The van der Waals surface area contributed by atoms with E-state index in [1.807, 2.05) is 0 Å². The van der Waals surface area contributed by atoms with Gasteiger partial charge in [-0.05, 0) is 52.1 Å². The molecule has 2 heterocycles. The average molecular weight is 267 g/mol. The Labute approximate surface area is 115 Å². The van der Waals surface area contributed by atoms with Crippen LogP contribution in [0.25, 0.3) is 0 Å². The number of imide groups is 1. The maximum atomic E-state index is 12.0. The number of rotatable bonds is 4. The summed E-state index contributed by atoms with van der Waals surface area (Å²) in [6, 6.07) is -0.248. The molecule has 1 unspecified atom stereocenters. The van der Waals surface area contributed by atoms with Crippen molar-refractivity contribution in [2.75, 3.05) is 26.2 Å². The van der Waals surface area contributed by atoms with Gasteiger partial charge < -0.3 is 10.2 Å². The Morgan fingerprint density at radius 1 is 1.32 bits per heavy atom. The van der Waals surface area contributed by atoms with E-state index in [1.165, 1.54) is 17.7 Å². The van der Waals surface area contributed by atoms with Crippen LogP contribution in [-0.4, -0.2) is 53.5 Å². The van der Waals surface area contributed by atoms with Gasteiger partial charge >= 0.3 is 6.03 Å². The van der Waals surface area contributed by atoms with Gasteiger partial charge in [0.15, 0.2) is 0 Å². The molecule has 0 bridgehead atoms. The fourth-order valence-corrected chi connectivity index (χ4v) is 2.96. The second-order valence-electron chi connectivity index (χ2n) is 6.41. The first-order valence-electron chi connectivity index (χ1n) is 7.26. The molecule has 1 N–H and O–H groups in total. The Morgan fingerprint density at radius 3 is 2.63 bits per heavy atom. The molecule has 5 nitrogen and oxygen atoms in total. The largest absolute Gasteiger partial charge is 0.325 e. The normalized spacial score (nSPS) is 27.7. The molecule has 5 heteroatoms. The van der Waals surface area contributed by atoms with Crippen LogP contribution >= 0.6 is 0 Å². The minimum atomic E-state index is -0.739. The molecule has 0 radical (unpaired) electrons. The summed E-state index contributed by atoms with van der Waals surface area (Å²) < 4.78 is 0. The van der Waals surface area contributed by atoms with Crippen LogP contribution in [0.2, 0.25) is 0 Å². The van der Waals surface area contributed by atoms with Crippen molar-refractivity contribution < 1.29 is 9.59 Å². The summed E-state index contributed by atoms with van der Waals surface area (Å²) in [5.41, 5.74) is -0.739. The lowest BCUT2D eigenvalue weighted by atomic mass is 10.0. The molecule has 19 heavy (non-hydrogen) atoms. The zero-order chi connectivity index (χ0) is 14.0. The van der Waals surface area contributed by atoms with E-state index in [-0.39, 0.29) is 11.9 Å². The maximum Gasteiger partial charge on any atom is 0.325 e. The van der Waals surface area contributed by atoms with E-state index < -0.39 is 5.54 Å². The van der Waals surface area contributed by atoms with E-state index in [0.717, 1.165) is 32.0 Å². The summed E-state index contributed by atoms with van der Waals surface area (Å²) in [4.78, 5) is 27.5. The first-order valence-corrected chi connectivity index (χ1v) is 7.26. The van der Waals surface area contributed by atoms with Gasteiger partial charge in [0.1, 0.15) is 5.54 Å². The van der Waals surface area contributed by atoms with Crippen LogP contribution in [0.15, 0.2) is 0 Å². The van der Waals surface area contributed by atoms with Gasteiger partial charge in [-0.3, -0.25) is 9.69 Å². The van der Waals surface area contributed by atoms with Gasteiger partial charge in [0.25, 0.3) is 5.91 Å². The minimum absolute atomic E-state index is 0.107. The van der Waals surface area contributed by atoms with E-state index in [2.05, 4.69) is 17.1 Å². The molecule has 2 aliphatic heterocycles. The van der Waals surface area contributed by atoms with Crippen LogP contribution in [0, 0.1) is 5.92 Å². The van der Waals surface area contributed by atoms with Crippen molar-refractivity contribution in [1.82, 2.24) is 15.1 Å². The molecule has 0 saturated carbocycles. The van der Waals surface area contributed by atoms with Gasteiger partial charge in [0.2, 0.25) is 0 Å². The maximum absolute atomic E-state index is 12.0. The number of carbonyl (C=O) groups is 2. The van der Waals surface area contributed by atoms with Crippen molar-refractivity contribution in [2.24, 2.45) is 5.92 Å². The SMILES string of the molecule is CC1CCCN(CCCN2C(=O)NC(C)(C)C2=O)C1. The predicted molar refractivity (Wildman–Crippen MR) is 73.8 cm³/mol. The predicted octanol–water partition coefficient (Wildman–Crippen LogP) is 1.44. The third kappa shape index (κ3) is 3.26. The van der Waals surface area contributed by atoms with E-state index in [1.54, 1.807) is 13.8 Å². The van der Waals surface area contributed by atoms with Crippen LogP contribution in [0.5, 0.6) is 0 Å². The smallest absolute Gasteiger partial charge is 0.324 e. The summed E-state index contributed by atoms with van der Waals surface area (Å²) in [7, 11) is 0. The number of urea groups is 1. The highest BCUT2D eigenvalue weighted by Crippen LogP contribution is 2.18. The molecule has 1 atom stereocenters. The number of nitrogens with zero attached hydrogens (tertiary/aromatic N) is 2. The Balaban J connectivity index is 1.77. The highest BCUT2D eigenvalue weighted by Gasteiger charge is 2.43. The lowest BCUT2D eigenvalue weighted by Gasteiger charge is -2.31. The topological polar surface area (TPSA) is 52.6 Å². The number of hydrogen-bond donors (Lipinski definition) is 1. The van der Waals surface area contributed by atoms with Crippen molar-refractivity contribution in [2.45, 2.75) is 45.6 Å². The Hall–Kier alpha value is -1.10. The van der Waals surface area contributed by atoms with Crippen LogP contribution in [-0.2, 0) is 4.79 Å². The Morgan fingerprint density at radius 2 is 2.05 bits per heavy atom. The average Bonchev–Trinajstić information content (AvgIpc) is 2.51. The molecule has 2 fully saturated rings. The number of nitrogens with one attached hydrogen (secondary N) is 1. The monoisotopic (exact) mass is 267 g/mol. The molecule has 2 saturated heterocycles. The van der Waals surface area contributed by atoms with Gasteiger partial charge in [0.05, 0.1) is 0 Å².